The van der Waals surface area contributed by atoms with Crippen molar-refractivity contribution in [3.8, 4) is 0 Å². The van der Waals surface area contributed by atoms with Gasteiger partial charge in [0.05, 0.1) is 12.0 Å². The van der Waals surface area contributed by atoms with E-state index in [9.17, 15) is 14.9 Å². The number of aromatic nitrogens is 1. The van der Waals surface area contributed by atoms with E-state index in [1.807, 2.05) is 25.9 Å². The average molecular weight is 282 g/mol. The number of nitrogens with one attached hydrogen (secondary N) is 1. The number of pyridine rings is 1. The zero-order valence-corrected chi connectivity index (χ0v) is 11.9. The van der Waals surface area contributed by atoms with Gasteiger partial charge in [-0.25, -0.2) is 9.78 Å². The van der Waals surface area contributed by atoms with Crippen LogP contribution in [-0.2, 0) is 4.74 Å². The quantitative estimate of drug-likeness (QED) is 0.474. The maximum atomic E-state index is 11.4. The first-order valence-electron chi connectivity index (χ1n) is 6.00. The zero-order chi connectivity index (χ0) is 15.3. The molecule has 110 valence electrons. The van der Waals surface area contributed by atoms with Gasteiger partial charge in [0.2, 0.25) is 5.82 Å². The van der Waals surface area contributed by atoms with Gasteiger partial charge in [-0.05, 0) is 27.1 Å². The maximum absolute atomic E-state index is 11.4. The highest BCUT2D eigenvalue weighted by Crippen LogP contribution is 2.23. The summed E-state index contributed by atoms with van der Waals surface area (Å²) in [6.45, 7) is 2.54. The Kier molecular flexibility index (Phi) is 5.39. The molecule has 0 bridgehead atoms. The summed E-state index contributed by atoms with van der Waals surface area (Å²) in [5.74, 6) is -0.574. The molecule has 0 saturated heterocycles. The average Bonchev–Trinajstić information content (AvgIpc) is 2.36. The van der Waals surface area contributed by atoms with Crippen LogP contribution in [0, 0.1) is 10.1 Å². The molecule has 0 aliphatic carbocycles. The summed E-state index contributed by atoms with van der Waals surface area (Å²) < 4.78 is 4.55. The predicted molar refractivity (Wildman–Crippen MR) is 73.9 cm³/mol. The molecule has 0 spiro atoms. The molecule has 0 radical (unpaired) electrons. The third kappa shape index (κ3) is 4.16. The van der Waals surface area contributed by atoms with Gasteiger partial charge < -0.3 is 15.0 Å². The number of rotatable bonds is 6. The molecule has 1 heterocycles. The van der Waals surface area contributed by atoms with Crippen LogP contribution >= 0.6 is 0 Å². The molecule has 0 aromatic carbocycles. The van der Waals surface area contributed by atoms with Gasteiger partial charge in [-0.2, -0.15) is 0 Å². The van der Waals surface area contributed by atoms with E-state index in [1.165, 1.54) is 19.2 Å². The molecule has 1 rings (SSSR count). The van der Waals surface area contributed by atoms with Gasteiger partial charge in [-0.3, -0.25) is 10.1 Å². The number of esters is 1. The standard InChI is InChI=1S/C12H18N4O4/c1-8(7-15(2)3)13-11-10(16(18)19)6-5-9(14-11)12(17)20-4/h5-6,8H,7H2,1-4H3,(H,13,14). The lowest BCUT2D eigenvalue weighted by molar-refractivity contribution is -0.384. The Labute approximate surface area is 116 Å². The molecule has 8 heteroatoms. The second kappa shape index (κ2) is 6.80. The van der Waals surface area contributed by atoms with E-state index in [2.05, 4.69) is 15.0 Å². The van der Waals surface area contributed by atoms with Crippen molar-refractivity contribution >= 4 is 17.5 Å². The summed E-state index contributed by atoms with van der Waals surface area (Å²) >= 11 is 0. The van der Waals surface area contributed by atoms with Crippen molar-refractivity contribution < 1.29 is 14.5 Å². The minimum absolute atomic E-state index is 0.0256. The Hall–Kier alpha value is -2.22. The summed E-state index contributed by atoms with van der Waals surface area (Å²) in [6.07, 6.45) is 0. The molecular formula is C12H18N4O4. The van der Waals surface area contributed by atoms with Crippen LogP contribution in [0.5, 0.6) is 0 Å². The van der Waals surface area contributed by atoms with E-state index < -0.39 is 10.9 Å². The lowest BCUT2D eigenvalue weighted by Crippen LogP contribution is -2.30. The van der Waals surface area contributed by atoms with Crippen LogP contribution in [0.25, 0.3) is 0 Å². The molecular weight excluding hydrogens is 264 g/mol. The molecule has 1 unspecified atom stereocenters. The molecule has 0 aliphatic rings. The normalized spacial score (nSPS) is 12.1. The summed E-state index contributed by atoms with van der Waals surface area (Å²) in [5.41, 5.74) is -0.152. The maximum Gasteiger partial charge on any atom is 0.356 e. The van der Waals surface area contributed by atoms with E-state index in [-0.39, 0.29) is 23.2 Å². The number of nitro groups is 1. The summed E-state index contributed by atoms with van der Waals surface area (Å²) in [4.78, 5) is 27.8. The van der Waals surface area contributed by atoms with Crippen molar-refractivity contribution in [1.29, 1.82) is 0 Å². The molecule has 1 aromatic rings. The van der Waals surface area contributed by atoms with E-state index in [0.717, 1.165) is 0 Å². The summed E-state index contributed by atoms with van der Waals surface area (Å²) in [7, 11) is 5.02. The van der Waals surface area contributed by atoms with Crippen LogP contribution in [0.3, 0.4) is 0 Å². The number of hydrogen-bond acceptors (Lipinski definition) is 7. The third-order valence-electron chi connectivity index (χ3n) is 2.49. The second-order valence-corrected chi connectivity index (χ2v) is 4.62. The van der Waals surface area contributed by atoms with Gasteiger partial charge in [-0.15, -0.1) is 0 Å². The molecule has 20 heavy (non-hydrogen) atoms. The number of carbonyl (C=O) groups is 1. The van der Waals surface area contributed by atoms with Crippen LogP contribution in [0.4, 0.5) is 11.5 Å². The third-order valence-corrected chi connectivity index (χ3v) is 2.49. The summed E-state index contributed by atoms with van der Waals surface area (Å²) in [6, 6.07) is 2.44. The van der Waals surface area contributed by atoms with Crippen molar-refractivity contribution in [2.75, 3.05) is 33.1 Å². The smallest absolute Gasteiger partial charge is 0.356 e. The Morgan fingerprint density at radius 3 is 2.70 bits per heavy atom. The number of hydrogen-bond donors (Lipinski definition) is 1. The van der Waals surface area contributed by atoms with Gasteiger partial charge in [0.25, 0.3) is 0 Å². The Morgan fingerprint density at radius 1 is 1.55 bits per heavy atom. The topological polar surface area (TPSA) is 97.6 Å². The monoisotopic (exact) mass is 282 g/mol. The highest BCUT2D eigenvalue weighted by atomic mass is 16.6. The van der Waals surface area contributed by atoms with Crippen molar-refractivity contribution in [2.45, 2.75) is 13.0 Å². The van der Waals surface area contributed by atoms with Gasteiger partial charge in [-0.1, -0.05) is 0 Å². The lowest BCUT2D eigenvalue weighted by atomic mass is 10.2. The van der Waals surface area contributed by atoms with Crippen LogP contribution in [0.1, 0.15) is 17.4 Å². The molecule has 0 fully saturated rings. The van der Waals surface area contributed by atoms with Crippen LogP contribution in [-0.4, -0.2) is 54.6 Å². The van der Waals surface area contributed by atoms with Crippen LogP contribution in [0.15, 0.2) is 12.1 Å². The minimum atomic E-state index is -0.636. The number of ether oxygens (including phenoxy) is 1. The zero-order valence-electron chi connectivity index (χ0n) is 11.9. The Balaban J connectivity index is 3.06. The first-order valence-corrected chi connectivity index (χ1v) is 6.00. The van der Waals surface area contributed by atoms with Crippen molar-refractivity contribution in [1.82, 2.24) is 9.88 Å². The summed E-state index contributed by atoms with van der Waals surface area (Å²) in [5, 5.41) is 13.9. The predicted octanol–water partition coefficient (Wildman–Crippen LogP) is 1.14. The first kappa shape index (κ1) is 15.8. The number of carbonyl (C=O) groups excluding carboxylic acids is 1. The Morgan fingerprint density at radius 2 is 2.20 bits per heavy atom. The SMILES string of the molecule is COC(=O)c1ccc([N+](=O)[O-])c(NC(C)CN(C)C)n1. The van der Waals surface area contributed by atoms with E-state index >= 15 is 0 Å². The van der Waals surface area contributed by atoms with Crippen LogP contribution < -0.4 is 5.32 Å². The fourth-order valence-corrected chi connectivity index (χ4v) is 1.75. The largest absolute Gasteiger partial charge is 0.464 e. The molecule has 8 nitrogen and oxygen atoms in total. The molecule has 0 aliphatic heterocycles. The first-order chi connectivity index (χ1) is 9.35. The van der Waals surface area contributed by atoms with Gasteiger partial charge in [0.1, 0.15) is 0 Å². The number of methoxy groups -OCH3 is 1. The number of likely N-dealkylation sites (N-methyl/N-ethyl adjacent to an activating group) is 1. The molecule has 0 amide bonds. The van der Waals surface area contributed by atoms with Gasteiger partial charge in [0.15, 0.2) is 5.69 Å². The van der Waals surface area contributed by atoms with Crippen molar-refractivity contribution in [3.05, 3.63) is 27.9 Å². The van der Waals surface area contributed by atoms with Gasteiger partial charge in [0, 0.05) is 18.7 Å². The molecule has 1 N–H and O–H groups in total. The van der Waals surface area contributed by atoms with E-state index in [0.29, 0.717) is 6.54 Å². The second-order valence-electron chi connectivity index (χ2n) is 4.62. The van der Waals surface area contributed by atoms with E-state index in [1.54, 1.807) is 0 Å². The van der Waals surface area contributed by atoms with E-state index in [4.69, 9.17) is 0 Å². The highest BCUT2D eigenvalue weighted by molar-refractivity contribution is 5.88. The minimum Gasteiger partial charge on any atom is -0.464 e. The molecule has 1 aromatic heterocycles. The van der Waals surface area contributed by atoms with Gasteiger partial charge >= 0.3 is 11.7 Å². The fourth-order valence-electron chi connectivity index (χ4n) is 1.75. The van der Waals surface area contributed by atoms with Crippen molar-refractivity contribution in [2.24, 2.45) is 0 Å². The highest BCUT2D eigenvalue weighted by Gasteiger charge is 2.20. The van der Waals surface area contributed by atoms with Crippen molar-refractivity contribution in [3.63, 3.8) is 0 Å². The Bertz CT molecular complexity index is 504. The van der Waals surface area contributed by atoms with Crippen LogP contribution in [0.2, 0.25) is 0 Å². The molecule has 0 saturated carbocycles. The number of nitrogens with zero attached hydrogens (tertiary/aromatic N) is 3. The lowest BCUT2D eigenvalue weighted by Gasteiger charge is -2.18. The fraction of sp³-hybridized carbons (Fsp3) is 0.500. The number of anilines is 1. The molecule has 1 atom stereocenters.